The molecule has 0 unspecified atom stereocenters. The van der Waals surface area contributed by atoms with Crippen LogP contribution >= 0.6 is 0 Å². The lowest BCUT2D eigenvalue weighted by molar-refractivity contribution is -0.361. The van der Waals surface area contributed by atoms with E-state index in [2.05, 4.69) is 5.10 Å². The SMILES string of the molecule is COc1ccc(/C=N/NC(F)(F)C(F)(F)C(F)(F)F)cc1. The lowest BCUT2D eigenvalue weighted by atomic mass is 10.2. The fourth-order valence-corrected chi connectivity index (χ4v) is 1.13. The van der Waals surface area contributed by atoms with Gasteiger partial charge in [0.25, 0.3) is 0 Å². The van der Waals surface area contributed by atoms with Gasteiger partial charge < -0.3 is 4.74 Å². The highest BCUT2D eigenvalue weighted by Crippen LogP contribution is 2.44. The largest absolute Gasteiger partial charge is 0.497 e. The molecule has 0 bridgehead atoms. The summed E-state index contributed by atoms with van der Waals surface area (Å²) < 4.78 is 90.9. The Morgan fingerprint density at radius 1 is 1.00 bits per heavy atom. The van der Waals surface area contributed by atoms with Crippen molar-refractivity contribution in [3.05, 3.63) is 29.8 Å². The number of nitrogens with zero attached hydrogens (tertiary/aromatic N) is 1. The lowest BCUT2D eigenvalue weighted by Gasteiger charge is -2.27. The quantitative estimate of drug-likeness (QED) is 0.391. The molecule has 0 aliphatic heterocycles. The molecule has 0 saturated heterocycles. The van der Waals surface area contributed by atoms with Gasteiger partial charge in [0.05, 0.1) is 13.3 Å². The van der Waals surface area contributed by atoms with E-state index in [1.807, 2.05) is 0 Å². The van der Waals surface area contributed by atoms with Crippen molar-refractivity contribution in [2.75, 3.05) is 7.11 Å². The van der Waals surface area contributed by atoms with Gasteiger partial charge >= 0.3 is 18.1 Å². The van der Waals surface area contributed by atoms with Crippen molar-refractivity contribution in [2.45, 2.75) is 18.1 Å². The van der Waals surface area contributed by atoms with Crippen LogP contribution in [0, 0.1) is 0 Å². The van der Waals surface area contributed by atoms with E-state index in [-0.39, 0.29) is 5.56 Å². The highest BCUT2D eigenvalue weighted by Gasteiger charge is 2.73. The molecule has 3 nitrogen and oxygen atoms in total. The van der Waals surface area contributed by atoms with Crippen molar-refractivity contribution in [1.82, 2.24) is 5.43 Å². The van der Waals surface area contributed by atoms with Gasteiger partial charge in [0.15, 0.2) is 0 Å². The Bertz CT molecular complexity index is 496. The van der Waals surface area contributed by atoms with Crippen molar-refractivity contribution in [3.8, 4) is 5.75 Å². The zero-order valence-corrected chi connectivity index (χ0v) is 10.4. The number of nitrogens with one attached hydrogen (secondary N) is 1. The van der Waals surface area contributed by atoms with Crippen LogP contribution in [0.15, 0.2) is 29.4 Å². The maximum atomic E-state index is 12.8. The zero-order valence-electron chi connectivity index (χ0n) is 10.4. The summed E-state index contributed by atoms with van der Waals surface area (Å²) in [6, 6.07) is -0.0596. The fourth-order valence-electron chi connectivity index (χ4n) is 1.13. The Labute approximate surface area is 114 Å². The summed E-state index contributed by atoms with van der Waals surface area (Å²) in [7, 11) is 1.38. The van der Waals surface area contributed by atoms with E-state index in [1.54, 1.807) is 0 Å². The molecular weight excluding hydrogens is 309 g/mol. The maximum Gasteiger partial charge on any atom is 0.462 e. The minimum absolute atomic E-state index is 0.189. The molecule has 0 saturated carbocycles. The van der Waals surface area contributed by atoms with Crippen LogP contribution in [0.25, 0.3) is 0 Å². The van der Waals surface area contributed by atoms with E-state index in [4.69, 9.17) is 4.74 Å². The van der Waals surface area contributed by atoms with Crippen LogP contribution < -0.4 is 10.2 Å². The van der Waals surface area contributed by atoms with Crippen molar-refractivity contribution in [3.63, 3.8) is 0 Å². The molecule has 1 aromatic rings. The second-order valence-corrected chi connectivity index (χ2v) is 3.79. The molecule has 0 radical (unpaired) electrons. The summed E-state index contributed by atoms with van der Waals surface area (Å²) >= 11 is 0. The van der Waals surface area contributed by atoms with Gasteiger partial charge in [-0.2, -0.15) is 35.8 Å². The summed E-state index contributed by atoms with van der Waals surface area (Å²) in [4.78, 5) is 0. The van der Waals surface area contributed by atoms with Crippen LogP contribution in [-0.2, 0) is 0 Å². The van der Waals surface area contributed by atoms with E-state index in [0.717, 1.165) is 0 Å². The Kier molecular flexibility index (Phi) is 4.69. The number of hydrazone groups is 1. The number of hydrogen-bond acceptors (Lipinski definition) is 3. The molecule has 21 heavy (non-hydrogen) atoms. The Morgan fingerprint density at radius 2 is 1.52 bits per heavy atom. The topological polar surface area (TPSA) is 33.6 Å². The number of ether oxygens (including phenoxy) is 1. The molecule has 1 aromatic carbocycles. The van der Waals surface area contributed by atoms with Crippen molar-refractivity contribution in [1.29, 1.82) is 0 Å². The normalized spacial score (nSPS) is 13.5. The van der Waals surface area contributed by atoms with Crippen LogP contribution in [0.3, 0.4) is 0 Å². The lowest BCUT2D eigenvalue weighted by Crippen LogP contribution is -2.58. The van der Waals surface area contributed by atoms with Crippen molar-refractivity contribution >= 4 is 6.21 Å². The third-order valence-corrected chi connectivity index (χ3v) is 2.28. The monoisotopic (exact) mass is 318 g/mol. The smallest absolute Gasteiger partial charge is 0.462 e. The predicted octanol–water partition coefficient (Wildman–Crippen LogP) is 3.41. The van der Waals surface area contributed by atoms with Crippen LogP contribution in [0.5, 0.6) is 5.75 Å². The first kappa shape index (κ1) is 17.1. The third kappa shape index (κ3) is 3.76. The van der Waals surface area contributed by atoms with E-state index in [0.29, 0.717) is 17.4 Å². The Balaban J connectivity index is 2.78. The molecule has 1 N–H and O–H groups in total. The van der Waals surface area contributed by atoms with Crippen LogP contribution in [0.4, 0.5) is 30.7 Å². The zero-order chi connectivity index (χ0) is 16.3. The summed E-state index contributed by atoms with van der Waals surface area (Å²) in [5.74, 6) is -5.81. The van der Waals surface area contributed by atoms with Gasteiger partial charge in [-0.25, -0.2) is 5.43 Å². The summed E-state index contributed by atoms with van der Waals surface area (Å²) in [6.07, 6.45) is -5.74. The number of halogens is 7. The average molecular weight is 318 g/mol. The van der Waals surface area contributed by atoms with E-state index in [1.165, 1.54) is 31.4 Å². The number of benzene rings is 1. The van der Waals surface area contributed by atoms with Gasteiger partial charge in [0.1, 0.15) is 5.75 Å². The summed E-state index contributed by atoms with van der Waals surface area (Å²) in [5.41, 5.74) is 0.707. The Hall–Kier alpha value is -2.00. The van der Waals surface area contributed by atoms with Crippen LogP contribution in [-0.4, -0.2) is 31.5 Å². The van der Waals surface area contributed by atoms with Gasteiger partial charge in [-0.05, 0) is 29.8 Å². The minimum Gasteiger partial charge on any atom is -0.497 e. The van der Waals surface area contributed by atoms with Crippen molar-refractivity contribution in [2.24, 2.45) is 5.10 Å². The van der Waals surface area contributed by atoms with E-state index in [9.17, 15) is 30.7 Å². The van der Waals surface area contributed by atoms with E-state index >= 15 is 0 Å². The number of hydrogen-bond donors (Lipinski definition) is 1. The molecule has 1 rings (SSSR count). The predicted molar refractivity (Wildman–Crippen MR) is 59.7 cm³/mol. The molecule has 0 aliphatic rings. The molecular formula is C11H9F7N2O. The minimum atomic E-state index is -6.40. The molecule has 0 aliphatic carbocycles. The third-order valence-electron chi connectivity index (χ3n) is 2.28. The van der Waals surface area contributed by atoms with Crippen LogP contribution in [0.1, 0.15) is 5.56 Å². The number of alkyl halides is 7. The average Bonchev–Trinajstić information content (AvgIpc) is 2.38. The number of methoxy groups -OCH3 is 1. The highest BCUT2D eigenvalue weighted by molar-refractivity contribution is 5.79. The van der Waals surface area contributed by atoms with E-state index < -0.39 is 18.1 Å². The molecule has 10 heteroatoms. The maximum absolute atomic E-state index is 12.8. The molecule has 0 spiro atoms. The molecule has 0 aromatic heterocycles. The second-order valence-electron chi connectivity index (χ2n) is 3.79. The van der Waals surface area contributed by atoms with Gasteiger partial charge in [-0.1, -0.05) is 0 Å². The summed E-state index contributed by atoms with van der Waals surface area (Å²) in [5, 5.41) is 2.70. The molecule has 0 amide bonds. The first-order chi connectivity index (χ1) is 9.51. The van der Waals surface area contributed by atoms with Gasteiger partial charge in [-0.3, -0.25) is 0 Å². The van der Waals surface area contributed by atoms with Gasteiger partial charge in [-0.15, -0.1) is 0 Å². The summed E-state index contributed by atoms with van der Waals surface area (Å²) in [6.45, 7) is 0. The Morgan fingerprint density at radius 3 is 1.95 bits per heavy atom. The molecule has 0 heterocycles. The highest BCUT2D eigenvalue weighted by atomic mass is 19.4. The second kappa shape index (κ2) is 5.78. The molecule has 0 fully saturated rings. The number of rotatable bonds is 5. The van der Waals surface area contributed by atoms with Crippen molar-refractivity contribution < 1.29 is 35.5 Å². The first-order valence-corrected chi connectivity index (χ1v) is 5.28. The standard InChI is InChI=1S/C11H9F7N2O/c1-21-8-4-2-7(3-5-8)6-19-20-11(17,18)9(12,13)10(14,15)16/h2-6,20H,1H3/b19-6+. The molecule has 0 atom stereocenters. The first-order valence-electron chi connectivity index (χ1n) is 5.28. The molecule has 118 valence electrons. The van der Waals surface area contributed by atoms with Gasteiger partial charge in [0, 0.05) is 0 Å². The van der Waals surface area contributed by atoms with Crippen LogP contribution in [0.2, 0.25) is 0 Å². The van der Waals surface area contributed by atoms with Gasteiger partial charge in [0.2, 0.25) is 0 Å². The fraction of sp³-hybridized carbons (Fsp3) is 0.364.